The zero-order valence-electron chi connectivity index (χ0n) is 12.0. The molecule has 0 atom stereocenters. The predicted octanol–water partition coefficient (Wildman–Crippen LogP) is 3.62. The van der Waals surface area contributed by atoms with Gasteiger partial charge in [-0.05, 0) is 46.5 Å². The molecular weight excluding hydrogens is 318 g/mol. The van der Waals surface area contributed by atoms with Crippen LogP contribution in [-0.2, 0) is 11.2 Å². The highest BCUT2D eigenvalue weighted by Gasteiger charge is 2.29. The highest BCUT2D eigenvalue weighted by molar-refractivity contribution is 9.10. The van der Waals surface area contributed by atoms with E-state index in [1.165, 1.54) is 6.42 Å². The van der Waals surface area contributed by atoms with Gasteiger partial charge in [-0.15, -0.1) is 0 Å². The minimum atomic E-state index is -0.265. The summed E-state index contributed by atoms with van der Waals surface area (Å²) in [5.74, 6) is 1.01. The number of carbonyl (C=O) groups is 1. The summed E-state index contributed by atoms with van der Waals surface area (Å²) in [5.41, 5.74) is 7.08. The van der Waals surface area contributed by atoms with Gasteiger partial charge in [0.2, 0.25) is 0 Å². The fourth-order valence-corrected chi connectivity index (χ4v) is 3.52. The van der Waals surface area contributed by atoms with Crippen molar-refractivity contribution in [1.29, 1.82) is 0 Å². The molecule has 110 valence electrons. The van der Waals surface area contributed by atoms with Crippen molar-refractivity contribution >= 4 is 21.7 Å². The van der Waals surface area contributed by atoms with Crippen LogP contribution in [0.5, 0.6) is 5.75 Å². The zero-order chi connectivity index (χ0) is 14.6. The molecule has 0 bridgehead atoms. The molecular formula is C16H22BrNO2. The number of nitrogens with two attached hydrogens (primary N) is 1. The zero-order valence-corrected chi connectivity index (χ0v) is 13.5. The van der Waals surface area contributed by atoms with Gasteiger partial charge in [0.25, 0.3) is 0 Å². The van der Waals surface area contributed by atoms with Gasteiger partial charge in [-0.25, -0.2) is 0 Å². The van der Waals surface area contributed by atoms with Crippen molar-refractivity contribution in [2.45, 2.75) is 50.5 Å². The first kappa shape index (κ1) is 15.5. The van der Waals surface area contributed by atoms with Gasteiger partial charge in [0, 0.05) is 18.4 Å². The number of Topliss-reactive ketones (excluding diaryl/α,β-unsaturated/α-hetero) is 1. The van der Waals surface area contributed by atoms with Gasteiger partial charge in [0.1, 0.15) is 11.5 Å². The molecule has 0 amide bonds. The fourth-order valence-electron chi connectivity index (χ4n) is 2.94. The number of carbonyl (C=O) groups excluding carboxylic acids is 1. The molecule has 0 unspecified atom stereocenters. The van der Waals surface area contributed by atoms with Gasteiger partial charge in [0.05, 0.1) is 11.6 Å². The summed E-state index contributed by atoms with van der Waals surface area (Å²) in [4.78, 5) is 12.2. The van der Waals surface area contributed by atoms with Gasteiger partial charge in [-0.2, -0.15) is 0 Å². The van der Waals surface area contributed by atoms with Crippen molar-refractivity contribution in [1.82, 2.24) is 0 Å². The number of rotatable bonds is 5. The Kier molecular flexibility index (Phi) is 5.22. The van der Waals surface area contributed by atoms with Crippen LogP contribution in [0.4, 0.5) is 0 Å². The molecule has 1 saturated carbocycles. The van der Waals surface area contributed by atoms with Crippen LogP contribution in [0, 0.1) is 0 Å². The standard InChI is InChI=1S/C16H22BrNO2/c1-20-15-6-5-12(10-14(15)17)9-13(19)11-16(18)7-3-2-4-8-16/h5-6,10H,2-4,7-9,11,18H2,1H3. The van der Waals surface area contributed by atoms with Crippen molar-refractivity contribution < 1.29 is 9.53 Å². The third-order valence-electron chi connectivity index (χ3n) is 4.02. The van der Waals surface area contributed by atoms with Gasteiger partial charge >= 0.3 is 0 Å². The average Bonchev–Trinajstić information content (AvgIpc) is 2.39. The molecule has 0 spiro atoms. The molecule has 20 heavy (non-hydrogen) atoms. The Morgan fingerprint density at radius 3 is 2.65 bits per heavy atom. The Morgan fingerprint density at radius 1 is 1.35 bits per heavy atom. The average molecular weight is 340 g/mol. The van der Waals surface area contributed by atoms with Crippen molar-refractivity contribution in [3.8, 4) is 5.75 Å². The summed E-state index contributed by atoms with van der Waals surface area (Å²) in [6.45, 7) is 0. The number of ether oxygens (including phenoxy) is 1. The summed E-state index contributed by atoms with van der Waals surface area (Å²) < 4.78 is 6.07. The summed E-state index contributed by atoms with van der Waals surface area (Å²) in [6, 6.07) is 5.76. The van der Waals surface area contributed by atoms with E-state index in [2.05, 4.69) is 15.9 Å². The second-order valence-corrected chi connectivity index (χ2v) is 6.64. The van der Waals surface area contributed by atoms with E-state index in [9.17, 15) is 4.79 Å². The number of benzene rings is 1. The van der Waals surface area contributed by atoms with E-state index in [0.29, 0.717) is 12.8 Å². The van der Waals surface area contributed by atoms with Crippen LogP contribution in [-0.4, -0.2) is 18.4 Å². The van der Waals surface area contributed by atoms with E-state index >= 15 is 0 Å². The molecule has 0 aromatic heterocycles. The molecule has 0 radical (unpaired) electrons. The first-order valence-electron chi connectivity index (χ1n) is 7.15. The van der Waals surface area contributed by atoms with Crippen LogP contribution in [0.2, 0.25) is 0 Å². The molecule has 0 aliphatic heterocycles. The van der Waals surface area contributed by atoms with Crippen LogP contribution >= 0.6 is 15.9 Å². The molecule has 1 aliphatic carbocycles. The normalized spacial score (nSPS) is 17.8. The highest BCUT2D eigenvalue weighted by Crippen LogP contribution is 2.30. The smallest absolute Gasteiger partial charge is 0.139 e. The fraction of sp³-hybridized carbons (Fsp3) is 0.562. The number of methoxy groups -OCH3 is 1. The van der Waals surface area contributed by atoms with Gasteiger partial charge in [-0.3, -0.25) is 4.79 Å². The SMILES string of the molecule is COc1ccc(CC(=O)CC2(N)CCCCC2)cc1Br. The monoisotopic (exact) mass is 339 g/mol. The van der Waals surface area contributed by atoms with E-state index < -0.39 is 0 Å². The second kappa shape index (κ2) is 6.72. The second-order valence-electron chi connectivity index (χ2n) is 5.78. The minimum absolute atomic E-state index is 0.228. The first-order chi connectivity index (χ1) is 9.52. The quantitative estimate of drug-likeness (QED) is 0.891. The van der Waals surface area contributed by atoms with E-state index in [4.69, 9.17) is 10.5 Å². The number of ketones is 1. The highest BCUT2D eigenvalue weighted by atomic mass is 79.9. The maximum absolute atomic E-state index is 12.2. The van der Waals surface area contributed by atoms with E-state index in [1.54, 1.807) is 7.11 Å². The summed E-state index contributed by atoms with van der Waals surface area (Å²) >= 11 is 3.45. The molecule has 1 fully saturated rings. The summed E-state index contributed by atoms with van der Waals surface area (Å²) in [5, 5.41) is 0. The molecule has 0 saturated heterocycles. The van der Waals surface area contributed by atoms with Gasteiger partial charge in [-0.1, -0.05) is 25.3 Å². The molecule has 1 aromatic carbocycles. The Balaban J connectivity index is 1.95. The Hall–Kier alpha value is -0.870. The van der Waals surface area contributed by atoms with Crippen LogP contribution in [0.15, 0.2) is 22.7 Å². The van der Waals surface area contributed by atoms with Crippen LogP contribution < -0.4 is 10.5 Å². The third-order valence-corrected chi connectivity index (χ3v) is 4.64. The number of hydrogen-bond acceptors (Lipinski definition) is 3. The Bertz CT molecular complexity index is 481. The van der Waals surface area contributed by atoms with Crippen molar-refractivity contribution in [2.75, 3.05) is 7.11 Å². The van der Waals surface area contributed by atoms with E-state index in [-0.39, 0.29) is 11.3 Å². The molecule has 4 heteroatoms. The maximum Gasteiger partial charge on any atom is 0.139 e. The third kappa shape index (κ3) is 4.06. The number of hydrogen-bond donors (Lipinski definition) is 1. The lowest BCUT2D eigenvalue weighted by molar-refractivity contribution is -0.119. The first-order valence-corrected chi connectivity index (χ1v) is 7.95. The van der Waals surface area contributed by atoms with Crippen LogP contribution in [0.25, 0.3) is 0 Å². The van der Waals surface area contributed by atoms with E-state index in [1.807, 2.05) is 18.2 Å². The van der Waals surface area contributed by atoms with Crippen molar-refractivity contribution in [2.24, 2.45) is 5.73 Å². The summed E-state index contributed by atoms with van der Waals surface area (Å²) in [6.07, 6.45) is 6.45. The van der Waals surface area contributed by atoms with Gasteiger partial charge in [0.15, 0.2) is 0 Å². The van der Waals surface area contributed by atoms with Crippen molar-refractivity contribution in [3.05, 3.63) is 28.2 Å². The van der Waals surface area contributed by atoms with Crippen LogP contribution in [0.1, 0.15) is 44.1 Å². The summed E-state index contributed by atoms with van der Waals surface area (Å²) in [7, 11) is 1.63. The lowest BCUT2D eigenvalue weighted by atomic mass is 9.78. The molecule has 2 N–H and O–H groups in total. The molecule has 2 rings (SSSR count). The maximum atomic E-state index is 12.2. The molecule has 3 nitrogen and oxygen atoms in total. The molecule has 1 aliphatic rings. The van der Waals surface area contributed by atoms with Crippen LogP contribution in [0.3, 0.4) is 0 Å². The topological polar surface area (TPSA) is 52.3 Å². The predicted molar refractivity (Wildman–Crippen MR) is 84.0 cm³/mol. The Morgan fingerprint density at radius 2 is 2.05 bits per heavy atom. The Labute approximate surface area is 129 Å². The number of halogens is 1. The molecule has 1 aromatic rings. The minimum Gasteiger partial charge on any atom is -0.496 e. The van der Waals surface area contributed by atoms with Crippen molar-refractivity contribution in [3.63, 3.8) is 0 Å². The lowest BCUT2D eigenvalue weighted by Gasteiger charge is -2.32. The van der Waals surface area contributed by atoms with E-state index in [0.717, 1.165) is 41.5 Å². The van der Waals surface area contributed by atoms with Gasteiger partial charge < -0.3 is 10.5 Å². The molecule has 0 heterocycles. The largest absolute Gasteiger partial charge is 0.496 e. The lowest BCUT2D eigenvalue weighted by Crippen LogP contribution is -2.43.